The van der Waals surface area contributed by atoms with Gasteiger partial charge in [-0.1, -0.05) is 12.1 Å². The molecule has 1 aliphatic rings. The molecule has 112 valence electrons. The summed E-state index contributed by atoms with van der Waals surface area (Å²) in [6.45, 7) is 7.51. The summed E-state index contributed by atoms with van der Waals surface area (Å²) >= 11 is 0. The van der Waals surface area contributed by atoms with Gasteiger partial charge in [-0.25, -0.2) is 4.79 Å². The number of carbonyl (C=O) groups excluding carboxylic acids is 1. The molecule has 0 unspecified atom stereocenters. The largest absolute Gasteiger partial charge is 0.395 e. The van der Waals surface area contributed by atoms with Crippen LogP contribution in [-0.2, 0) is 6.42 Å². The minimum absolute atomic E-state index is 0.116. The molecule has 0 saturated carbocycles. The Morgan fingerprint density at radius 3 is 2.70 bits per heavy atom. The van der Waals surface area contributed by atoms with Crippen molar-refractivity contribution in [2.75, 3.05) is 44.6 Å². The summed E-state index contributed by atoms with van der Waals surface area (Å²) in [4.78, 5) is 16.2. The molecule has 0 radical (unpaired) electrons. The van der Waals surface area contributed by atoms with Gasteiger partial charge >= 0.3 is 6.03 Å². The van der Waals surface area contributed by atoms with E-state index in [2.05, 4.69) is 15.4 Å². The van der Waals surface area contributed by atoms with Crippen LogP contribution in [0, 0.1) is 6.92 Å². The van der Waals surface area contributed by atoms with Crippen molar-refractivity contribution in [3.63, 3.8) is 0 Å². The van der Waals surface area contributed by atoms with Crippen LogP contribution in [-0.4, -0.2) is 65.4 Å². The van der Waals surface area contributed by atoms with Crippen LogP contribution >= 0.6 is 0 Å². The second kappa shape index (κ2) is 6.71. The Morgan fingerprint density at radius 2 is 2.10 bits per heavy atom. The number of hydrogen-bond acceptors (Lipinski definition) is 5. The highest BCUT2D eigenvalue weighted by molar-refractivity contribution is 5.90. The third kappa shape index (κ3) is 3.29. The molecule has 1 aromatic rings. The molecular weight excluding hydrogens is 260 g/mol. The lowest BCUT2D eigenvalue weighted by Gasteiger charge is -2.34. The first-order valence-corrected chi connectivity index (χ1v) is 7.00. The monoisotopic (exact) mass is 282 g/mol. The number of urea groups is 1. The second-order valence-electron chi connectivity index (χ2n) is 4.90. The average Bonchev–Trinajstić information content (AvgIpc) is 2.81. The molecule has 2 heterocycles. The molecule has 0 atom stereocenters. The van der Waals surface area contributed by atoms with Gasteiger partial charge in [0.25, 0.3) is 0 Å². The predicted octanol–water partition coefficient (Wildman–Crippen LogP) is 0.687. The van der Waals surface area contributed by atoms with E-state index in [9.17, 15) is 4.79 Å². The first-order chi connectivity index (χ1) is 9.65. The van der Waals surface area contributed by atoms with Gasteiger partial charge in [0.1, 0.15) is 11.4 Å². The van der Waals surface area contributed by atoms with Gasteiger partial charge in [-0.05, 0) is 6.92 Å². The van der Waals surface area contributed by atoms with Crippen molar-refractivity contribution in [2.24, 2.45) is 0 Å². The fourth-order valence-electron chi connectivity index (χ4n) is 2.32. The van der Waals surface area contributed by atoms with Gasteiger partial charge in [-0.3, -0.25) is 4.90 Å². The number of nitrogens with zero attached hydrogens (tertiary/aromatic N) is 3. The topological polar surface area (TPSA) is 81.8 Å². The van der Waals surface area contributed by atoms with Crippen LogP contribution in [0.15, 0.2) is 4.52 Å². The number of aliphatic hydroxyl groups excluding tert-OH is 1. The van der Waals surface area contributed by atoms with E-state index in [1.54, 1.807) is 4.90 Å². The molecule has 2 amide bonds. The number of rotatable bonds is 4. The zero-order valence-corrected chi connectivity index (χ0v) is 12.1. The number of carbonyl (C=O) groups is 1. The summed E-state index contributed by atoms with van der Waals surface area (Å²) in [7, 11) is 0. The summed E-state index contributed by atoms with van der Waals surface area (Å²) in [5.74, 6) is 0.703. The minimum Gasteiger partial charge on any atom is -0.395 e. The molecule has 1 aromatic heterocycles. The number of nitrogens with one attached hydrogen (secondary N) is 1. The van der Waals surface area contributed by atoms with Crippen molar-refractivity contribution in [3.8, 4) is 0 Å². The van der Waals surface area contributed by atoms with E-state index in [-0.39, 0.29) is 12.6 Å². The fourth-order valence-corrected chi connectivity index (χ4v) is 2.32. The Hall–Kier alpha value is -1.60. The normalized spacial score (nSPS) is 16.4. The summed E-state index contributed by atoms with van der Waals surface area (Å²) in [5.41, 5.74) is 1.39. The molecule has 0 aromatic carbocycles. The van der Waals surface area contributed by atoms with Gasteiger partial charge in [-0.2, -0.15) is 0 Å². The van der Waals surface area contributed by atoms with E-state index < -0.39 is 0 Å². The fraction of sp³-hybridized carbons (Fsp3) is 0.692. The zero-order chi connectivity index (χ0) is 14.5. The first-order valence-electron chi connectivity index (χ1n) is 7.00. The minimum atomic E-state index is -0.116. The van der Waals surface area contributed by atoms with Crippen LogP contribution in [0.25, 0.3) is 0 Å². The van der Waals surface area contributed by atoms with Crippen LogP contribution in [0.4, 0.5) is 10.5 Å². The quantitative estimate of drug-likeness (QED) is 0.849. The molecule has 1 saturated heterocycles. The van der Waals surface area contributed by atoms with Gasteiger partial charge in [0.15, 0.2) is 5.76 Å². The maximum absolute atomic E-state index is 12.2. The maximum atomic E-state index is 12.2. The number of aliphatic hydroxyl groups is 1. The molecule has 2 N–H and O–H groups in total. The lowest BCUT2D eigenvalue weighted by molar-refractivity contribution is 0.127. The van der Waals surface area contributed by atoms with Crippen LogP contribution < -0.4 is 5.32 Å². The number of aromatic nitrogens is 1. The highest BCUT2D eigenvalue weighted by atomic mass is 16.5. The summed E-state index contributed by atoms with van der Waals surface area (Å²) in [6, 6.07) is -0.116. The van der Waals surface area contributed by atoms with Gasteiger partial charge in [0.2, 0.25) is 0 Å². The number of piperazine rings is 1. The number of hydrogen-bond donors (Lipinski definition) is 2. The van der Waals surface area contributed by atoms with Gasteiger partial charge < -0.3 is 19.8 Å². The molecule has 0 aliphatic carbocycles. The molecule has 1 aliphatic heterocycles. The summed E-state index contributed by atoms with van der Waals surface area (Å²) in [6.07, 6.45) is 0.695. The van der Waals surface area contributed by atoms with Gasteiger partial charge in [-0.15, -0.1) is 0 Å². The van der Waals surface area contributed by atoms with Crippen molar-refractivity contribution in [2.45, 2.75) is 20.3 Å². The number of aryl methyl sites for hydroxylation is 2. The molecule has 2 rings (SSSR count). The molecule has 0 bridgehead atoms. The number of amides is 2. The van der Waals surface area contributed by atoms with Crippen molar-refractivity contribution >= 4 is 11.7 Å². The SMILES string of the molecule is CCc1onc(C)c1NC(=O)N1CCN(CCO)CC1. The van der Waals surface area contributed by atoms with E-state index in [1.165, 1.54) is 0 Å². The van der Waals surface area contributed by atoms with Gasteiger partial charge in [0.05, 0.1) is 6.61 Å². The van der Waals surface area contributed by atoms with Crippen molar-refractivity contribution in [3.05, 3.63) is 11.5 Å². The van der Waals surface area contributed by atoms with Crippen molar-refractivity contribution < 1.29 is 14.4 Å². The smallest absolute Gasteiger partial charge is 0.322 e. The maximum Gasteiger partial charge on any atom is 0.322 e. The molecule has 7 heteroatoms. The summed E-state index contributed by atoms with van der Waals surface area (Å²) in [5, 5.41) is 15.7. The lowest BCUT2D eigenvalue weighted by atomic mass is 10.2. The van der Waals surface area contributed by atoms with E-state index in [4.69, 9.17) is 9.63 Å². The number of β-amino-alcohol motifs (C(OH)–C–C–N with tert-alkyl or cyclic N) is 1. The first kappa shape index (κ1) is 14.8. The highest BCUT2D eigenvalue weighted by Crippen LogP contribution is 2.21. The average molecular weight is 282 g/mol. The van der Waals surface area contributed by atoms with Crippen LogP contribution in [0.5, 0.6) is 0 Å². The third-order valence-corrected chi connectivity index (χ3v) is 3.56. The Kier molecular flexibility index (Phi) is 4.97. The van der Waals surface area contributed by atoms with Crippen LogP contribution in [0.2, 0.25) is 0 Å². The number of anilines is 1. The van der Waals surface area contributed by atoms with Crippen LogP contribution in [0.1, 0.15) is 18.4 Å². The molecule has 20 heavy (non-hydrogen) atoms. The van der Waals surface area contributed by atoms with E-state index in [0.29, 0.717) is 43.2 Å². The molecule has 7 nitrogen and oxygen atoms in total. The predicted molar refractivity (Wildman–Crippen MR) is 74.7 cm³/mol. The Morgan fingerprint density at radius 1 is 1.40 bits per heavy atom. The van der Waals surface area contributed by atoms with E-state index in [0.717, 1.165) is 13.1 Å². The Balaban J connectivity index is 1.91. The van der Waals surface area contributed by atoms with E-state index in [1.807, 2.05) is 13.8 Å². The van der Waals surface area contributed by atoms with Crippen molar-refractivity contribution in [1.29, 1.82) is 0 Å². The summed E-state index contributed by atoms with van der Waals surface area (Å²) < 4.78 is 5.16. The molecule has 1 fully saturated rings. The highest BCUT2D eigenvalue weighted by Gasteiger charge is 2.22. The van der Waals surface area contributed by atoms with E-state index >= 15 is 0 Å². The Labute approximate surface area is 118 Å². The third-order valence-electron chi connectivity index (χ3n) is 3.56. The standard InChI is InChI=1S/C13H22N4O3/c1-3-11-12(10(2)15-20-11)14-13(19)17-6-4-16(5-7-17)8-9-18/h18H,3-9H2,1-2H3,(H,14,19). The van der Waals surface area contributed by atoms with Crippen LogP contribution in [0.3, 0.4) is 0 Å². The van der Waals surface area contributed by atoms with Gasteiger partial charge in [0, 0.05) is 39.1 Å². The lowest BCUT2D eigenvalue weighted by Crippen LogP contribution is -2.50. The Bertz CT molecular complexity index is 452. The molecule has 0 spiro atoms. The second-order valence-corrected chi connectivity index (χ2v) is 4.90. The zero-order valence-electron chi connectivity index (χ0n) is 12.1. The van der Waals surface area contributed by atoms with Crippen molar-refractivity contribution in [1.82, 2.24) is 15.0 Å². The molecular formula is C13H22N4O3.